The number of hydrogen-bond acceptors (Lipinski definition) is 2. The van der Waals surface area contributed by atoms with E-state index in [1.165, 1.54) is 0 Å². The van der Waals surface area contributed by atoms with Gasteiger partial charge in [-0.1, -0.05) is 0 Å². The topological polar surface area (TPSA) is 37.3 Å². The van der Waals surface area contributed by atoms with Crippen LogP contribution in [0.5, 0.6) is 0 Å². The molecule has 10 heavy (non-hydrogen) atoms. The van der Waals surface area contributed by atoms with Gasteiger partial charge in [-0.15, -0.1) is 0 Å². The molecule has 0 radical (unpaired) electrons. The predicted octanol–water partition coefficient (Wildman–Crippen LogP) is 0.592. The van der Waals surface area contributed by atoms with Crippen LogP contribution in [0.4, 0.5) is 0 Å². The molecule has 0 spiro atoms. The van der Waals surface area contributed by atoms with Gasteiger partial charge in [-0.2, -0.15) is 0 Å². The van der Waals surface area contributed by atoms with E-state index >= 15 is 0 Å². The molecule has 2 fully saturated rings. The Hall–Kier alpha value is -0.370. The van der Waals surface area contributed by atoms with Crippen LogP contribution < -0.4 is 0 Å². The minimum Gasteiger partial charge on any atom is -0.389 e. The molecule has 2 saturated carbocycles. The molecular formula is C8H12O2. The fraction of sp³-hybridized carbons (Fsp3) is 0.875. The van der Waals surface area contributed by atoms with Gasteiger partial charge in [0, 0.05) is 5.92 Å². The molecule has 0 aromatic carbocycles. The van der Waals surface area contributed by atoms with E-state index in [0.717, 1.165) is 19.1 Å². The summed E-state index contributed by atoms with van der Waals surface area (Å²) >= 11 is 0. The minimum atomic E-state index is -0.674. The molecule has 4 atom stereocenters. The fourth-order valence-corrected chi connectivity index (χ4v) is 2.26. The van der Waals surface area contributed by atoms with Crippen molar-refractivity contribution in [3.05, 3.63) is 0 Å². The molecule has 0 amide bonds. The van der Waals surface area contributed by atoms with Crippen LogP contribution in [-0.4, -0.2) is 17.0 Å². The summed E-state index contributed by atoms with van der Waals surface area (Å²) in [6.07, 6.45) is 2.96. The Balaban J connectivity index is 2.20. The maximum atomic E-state index is 10.4. The molecule has 0 aromatic heterocycles. The van der Waals surface area contributed by atoms with E-state index in [9.17, 15) is 9.90 Å². The number of rotatable bonds is 1. The highest BCUT2D eigenvalue weighted by atomic mass is 16.3. The van der Waals surface area contributed by atoms with Gasteiger partial charge in [-0.25, -0.2) is 0 Å². The number of carbonyl (C=O) groups excluding carboxylic acids is 1. The summed E-state index contributed by atoms with van der Waals surface area (Å²) in [4.78, 5) is 10.4. The SMILES string of the molecule is C[C@]1(O)C2CC2C[C@H]1C=O. The second-order valence-electron chi connectivity index (χ2n) is 3.81. The monoisotopic (exact) mass is 140 g/mol. The van der Waals surface area contributed by atoms with Gasteiger partial charge in [0.2, 0.25) is 0 Å². The molecule has 2 aliphatic rings. The van der Waals surface area contributed by atoms with Crippen molar-refractivity contribution >= 4 is 6.29 Å². The van der Waals surface area contributed by atoms with Gasteiger partial charge >= 0.3 is 0 Å². The summed E-state index contributed by atoms with van der Waals surface area (Å²) < 4.78 is 0. The maximum absolute atomic E-state index is 10.4. The lowest BCUT2D eigenvalue weighted by molar-refractivity contribution is -0.118. The Morgan fingerprint density at radius 1 is 1.60 bits per heavy atom. The molecule has 0 bridgehead atoms. The fourth-order valence-electron chi connectivity index (χ4n) is 2.26. The molecule has 2 rings (SSSR count). The summed E-state index contributed by atoms with van der Waals surface area (Å²) in [5.74, 6) is 1.00. The first-order valence-corrected chi connectivity index (χ1v) is 3.84. The van der Waals surface area contributed by atoms with E-state index < -0.39 is 5.60 Å². The van der Waals surface area contributed by atoms with Crippen LogP contribution in [0.25, 0.3) is 0 Å². The zero-order valence-corrected chi connectivity index (χ0v) is 6.08. The van der Waals surface area contributed by atoms with Gasteiger partial charge in [0.15, 0.2) is 0 Å². The number of fused-ring (bicyclic) bond motifs is 1. The first kappa shape index (κ1) is 6.35. The van der Waals surface area contributed by atoms with E-state index in [-0.39, 0.29) is 5.92 Å². The largest absolute Gasteiger partial charge is 0.389 e. The number of aldehydes is 1. The van der Waals surface area contributed by atoms with E-state index in [2.05, 4.69) is 0 Å². The highest BCUT2D eigenvalue weighted by Crippen LogP contribution is 2.59. The molecule has 56 valence electrons. The number of hydrogen-bond donors (Lipinski definition) is 1. The average molecular weight is 140 g/mol. The Morgan fingerprint density at radius 2 is 2.30 bits per heavy atom. The van der Waals surface area contributed by atoms with Crippen molar-refractivity contribution in [2.24, 2.45) is 17.8 Å². The molecule has 0 saturated heterocycles. The van der Waals surface area contributed by atoms with Gasteiger partial charge in [-0.3, -0.25) is 0 Å². The van der Waals surface area contributed by atoms with E-state index in [1.807, 2.05) is 0 Å². The number of aliphatic hydroxyl groups is 1. The summed E-state index contributed by atoms with van der Waals surface area (Å²) in [7, 11) is 0. The summed E-state index contributed by atoms with van der Waals surface area (Å²) in [5.41, 5.74) is -0.674. The van der Waals surface area contributed by atoms with Crippen LogP contribution in [0.3, 0.4) is 0 Å². The molecule has 1 N–H and O–H groups in total. The normalized spacial score (nSPS) is 58.0. The molecule has 2 aliphatic carbocycles. The van der Waals surface area contributed by atoms with Crippen LogP contribution in [-0.2, 0) is 4.79 Å². The Bertz CT molecular complexity index is 174. The van der Waals surface area contributed by atoms with Gasteiger partial charge in [0.05, 0.1) is 5.60 Å². The van der Waals surface area contributed by atoms with Crippen molar-refractivity contribution in [2.45, 2.75) is 25.4 Å². The maximum Gasteiger partial charge on any atom is 0.125 e. The molecule has 0 aliphatic heterocycles. The molecule has 2 nitrogen and oxygen atoms in total. The lowest BCUT2D eigenvalue weighted by atomic mass is 9.89. The summed E-state index contributed by atoms with van der Waals surface area (Å²) in [6, 6.07) is 0. The quantitative estimate of drug-likeness (QED) is 0.541. The van der Waals surface area contributed by atoms with Crippen molar-refractivity contribution in [1.82, 2.24) is 0 Å². The lowest BCUT2D eigenvalue weighted by Crippen LogP contribution is -2.33. The highest BCUT2D eigenvalue weighted by molar-refractivity contribution is 5.57. The van der Waals surface area contributed by atoms with Crippen LogP contribution >= 0.6 is 0 Å². The second-order valence-corrected chi connectivity index (χ2v) is 3.81. The predicted molar refractivity (Wildman–Crippen MR) is 36.4 cm³/mol. The van der Waals surface area contributed by atoms with Crippen LogP contribution in [0.1, 0.15) is 19.8 Å². The Morgan fingerprint density at radius 3 is 2.60 bits per heavy atom. The average Bonchev–Trinajstić information content (AvgIpc) is 2.57. The Kier molecular flexibility index (Phi) is 1.03. The lowest BCUT2D eigenvalue weighted by Gasteiger charge is -2.23. The van der Waals surface area contributed by atoms with Crippen molar-refractivity contribution < 1.29 is 9.90 Å². The zero-order valence-electron chi connectivity index (χ0n) is 6.08. The van der Waals surface area contributed by atoms with Crippen molar-refractivity contribution in [3.8, 4) is 0 Å². The van der Waals surface area contributed by atoms with E-state index in [1.54, 1.807) is 6.92 Å². The molecule has 2 unspecified atom stereocenters. The third-order valence-corrected chi connectivity index (χ3v) is 3.14. The first-order chi connectivity index (χ1) is 4.66. The number of carbonyl (C=O) groups is 1. The first-order valence-electron chi connectivity index (χ1n) is 3.84. The van der Waals surface area contributed by atoms with Crippen LogP contribution in [0.15, 0.2) is 0 Å². The Labute approximate surface area is 60.2 Å². The molecule has 0 aromatic rings. The van der Waals surface area contributed by atoms with Crippen LogP contribution in [0, 0.1) is 17.8 Å². The van der Waals surface area contributed by atoms with Crippen molar-refractivity contribution in [3.63, 3.8) is 0 Å². The second kappa shape index (κ2) is 1.62. The minimum absolute atomic E-state index is 0.0868. The third-order valence-electron chi connectivity index (χ3n) is 3.14. The molecular weight excluding hydrogens is 128 g/mol. The van der Waals surface area contributed by atoms with Crippen LogP contribution in [0.2, 0.25) is 0 Å². The van der Waals surface area contributed by atoms with Crippen molar-refractivity contribution in [1.29, 1.82) is 0 Å². The smallest absolute Gasteiger partial charge is 0.125 e. The van der Waals surface area contributed by atoms with Gasteiger partial charge in [0.25, 0.3) is 0 Å². The third kappa shape index (κ3) is 0.601. The zero-order chi connectivity index (χ0) is 7.35. The molecule has 2 heteroatoms. The van der Waals surface area contributed by atoms with Gasteiger partial charge < -0.3 is 9.90 Å². The standard InChI is InChI=1S/C8H12O2/c1-8(10)6(4-9)2-5-3-7(5)8/h4-7,10H,2-3H2,1H3/t5?,6-,7?,8+/m0/s1. The van der Waals surface area contributed by atoms with E-state index in [4.69, 9.17) is 0 Å². The van der Waals surface area contributed by atoms with Gasteiger partial charge in [-0.05, 0) is 31.6 Å². The van der Waals surface area contributed by atoms with E-state index in [0.29, 0.717) is 11.8 Å². The highest BCUT2D eigenvalue weighted by Gasteiger charge is 2.59. The van der Waals surface area contributed by atoms with Crippen molar-refractivity contribution in [2.75, 3.05) is 0 Å². The summed E-state index contributed by atoms with van der Waals surface area (Å²) in [5, 5.41) is 9.73. The van der Waals surface area contributed by atoms with Gasteiger partial charge in [0.1, 0.15) is 6.29 Å². The molecule has 0 heterocycles. The summed E-state index contributed by atoms with van der Waals surface area (Å²) in [6.45, 7) is 1.80.